The summed E-state index contributed by atoms with van der Waals surface area (Å²) in [6.45, 7) is 13.2. The van der Waals surface area contributed by atoms with Crippen LogP contribution in [0.2, 0.25) is 0 Å². The molecule has 0 spiro atoms. The number of carbonyl (C=O) groups excluding carboxylic acids is 1. The summed E-state index contributed by atoms with van der Waals surface area (Å²) < 4.78 is 21.8. The number of pyridine rings is 1. The van der Waals surface area contributed by atoms with E-state index in [1.54, 1.807) is 0 Å². The van der Waals surface area contributed by atoms with E-state index in [4.69, 9.17) is 24.2 Å². The minimum atomic E-state index is -0.553. The lowest BCUT2D eigenvalue weighted by molar-refractivity contribution is -0.0592. The molecule has 0 saturated carbocycles. The number of esters is 1. The fourth-order valence-corrected chi connectivity index (χ4v) is 6.44. The van der Waals surface area contributed by atoms with Gasteiger partial charge in [0.1, 0.15) is 18.0 Å². The number of carbonyl (C=O) groups is 1. The van der Waals surface area contributed by atoms with Gasteiger partial charge >= 0.3 is 5.97 Å². The van der Waals surface area contributed by atoms with Crippen molar-refractivity contribution in [1.29, 1.82) is 0 Å². The summed E-state index contributed by atoms with van der Waals surface area (Å²) in [7, 11) is 0. The summed E-state index contributed by atoms with van der Waals surface area (Å²) in [5, 5.41) is 5.76. The fraction of sp³-hybridized carbons (Fsp3) is 0.459. The van der Waals surface area contributed by atoms with Crippen molar-refractivity contribution in [1.82, 2.24) is 29.2 Å². The molecule has 3 aromatic heterocycles. The molecule has 0 N–H and O–H groups in total. The van der Waals surface area contributed by atoms with Crippen LogP contribution in [0.3, 0.4) is 0 Å². The molecule has 1 atom stereocenters. The molecule has 47 heavy (non-hydrogen) atoms. The lowest BCUT2D eigenvalue weighted by atomic mass is 9.93. The van der Waals surface area contributed by atoms with E-state index >= 15 is 0 Å². The van der Waals surface area contributed by atoms with Crippen LogP contribution in [0.4, 0.5) is 0 Å². The monoisotopic (exact) mass is 636 g/mol. The van der Waals surface area contributed by atoms with Crippen LogP contribution in [0.5, 0.6) is 5.88 Å². The van der Waals surface area contributed by atoms with E-state index in [0.29, 0.717) is 24.0 Å². The first kappa shape index (κ1) is 31.3. The van der Waals surface area contributed by atoms with Crippen LogP contribution in [0, 0.1) is 0 Å². The van der Waals surface area contributed by atoms with Crippen molar-refractivity contribution in [2.24, 2.45) is 0 Å². The largest absolute Gasteiger partial charge is 0.473 e. The number of likely N-dealkylation sites (tertiary alicyclic amines) is 1. The Balaban J connectivity index is 0.998. The van der Waals surface area contributed by atoms with Crippen LogP contribution in [-0.4, -0.2) is 66.6 Å². The zero-order chi connectivity index (χ0) is 32.5. The molecule has 2 saturated heterocycles. The number of ether oxygens (including phenoxy) is 3. The molecule has 2 aromatic carbocycles. The number of fused-ring (bicyclic) bond motifs is 2. The standard InChI is InChI=1S/C37H44N6O4/c1-5-42-21-28-10-9-25(19-32(28)40-42)24-46-35-8-6-7-30(39-35)26-13-16-41(17-14-26)23-34-38-31-12-11-27(36(44)47-37(2,3)4)20-33(31)43(34)22-29-15-18-45-29/h6-12,19-21,26,29H,5,13-18,22-24H2,1-4H3. The molecule has 246 valence electrons. The highest BCUT2D eigenvalue weighted by atomic mass is 16.6. The van der Waals surface area contributed by atoms with E-state index in [-0.39, 0.29) is 12.1 Å². The molecule has 7 rings (SSSR count). The van der Waals surface area contributed by atoms with Gasteiger partial charge in [0.05, 0.1) is 41.3 Å². The zero-order valence-corrected chi connectivity index (χ0v) is 27.8. The normalized spacial score (nSPS) is 17.7. The van der Waals surface area contributed by atoms with Gasteiger partial charge in [-0.1, -0.05) is 18.2 Å². The third-order valence-corrected chi connectivity index (χ3v) is 9.09. The molecule has 10 heteroatoms. The Labute approximate surface area is 275 Å². The quantitative estimate of drug-likeness (QED) is 0.160. The van der Waals surface area contributed by atoms with E-state index in [2.05, 4.69) is 52.0 Å². The average Bonchev–Trinajstić information content (AvgIpc) is 3.61. The first-order valence-electron chi connectivity index (χ1n) is 16.8. The molecule has 5 aromatic rings. The molecule has 2 fully saturated rings. The van der Waals surface area contributed by atoms with Crippen molar-refractivity contribution in [2.45, 2.75) is 90.8 Å². The van der Waals surface area contributed by atoms with Crippen molar-refractivity contribution in [3.63, 3.8) is 0 Å². The molecule has 10 nitrogen and oxygen atoms in total. The maximum absolute atomic E-state index is 12.9. The number of imidazole rings is 1. The van der Waals surface area contributed by atoms with Gasteiger partial charge in [-0.05, 0) is 95.9 Å². The second-order valence-corrected chi connectivity index (χ2v) is 13.7. The Morgan fingerprint density at radius 1 is 1.00 bits per heavy atom. The summed E-state index contributed by atoms with van der Waals surface area (Å²) in [6, 6.07) is 18.1. The summed E-state index contributed by atoms with van der Waals surface area (Å²) in [6.07, 6.45) is 5.31. The average molecular weight is 637 g/mol. The van der Waals surface area contributed by atoms with Gasteiger partial charge in [0.25, 0.3) is 0 Å². The SMILES string of the molecule is CCn1cc2ccc(COc3cccc(C4CCN(Cc5nc6ccc(C(=O)OC(C)(C)C)cc6n5CC5CCO5)CC4)n3)cc2n1. The summed E-state index contributed by atoms with van der Waals surface area (Å²) in [5.74, 6) is 1.72. The Hall–Kier alpha value is -4.28. The maximum atomic E-state index is 12.9. The summed E-state index contributed by atoms with van der Waals surface area (Å²) in [5.41, 5.74) is 4.97. The van der Waals surface area contributed by atoms with Crippen molar-refractivity contribution < 1.29 is 19.0 Å². The molecule has 0 amide bonds. The number of rotatable bonds is 10. The van der Waals surface area contributed by atoms with E-state index in [1.807, 2.05) is 55.8 Å². The van der Waals surface area contributed by atoms with Crippen molar-refractivity contribution >= 4 is 27.9 Å². The lowest BCUT2D eigenvalue weighted by Crippen LogP contribution is -2.35. The number of hydrogen-bond donors (Lipinski definition) is 0. The zero-order valence-electron chi connectivity index (χ0n) is 27.8. The van der Waals surface area contributed by atoms with Gasteiger partial charge in [-0.2, -0.15) is 5.10 Å². The van der Waals surface area contributed by atoms with E-state index in [0.717, 1.165) is 97.6 Å². The van der Waals surface area contributed by atoms with Crippen LogP contribution in [-0.2, 0) is 35.7 Å². The smallest absolute Gasteiger partial charge is 0.338 e. The van der Waals surface area contributed by atoms with Gasteiger partial charge in [0.2, 0.25) is 5.88 Å². The molecule has 0 aliphatic carbocycles. The predicted octanol–water partition coefficient (Wildman–Crippen LogP) is 6.50. The van der Waals surface area contributed by atoms with Crippen molar-refractivity contribution in [2.75, 3.05) is 19.7 Å². The Morgan fingerprint density at radius 3 is 2.57 bits per heavy atom. The maximum Gasteiger partial charge on any atom is 0.338 e. The molecule has 0 bridgehead atoms. The molecule has 0 radical (unpaired) electrons. The molecular weight excluding hydrogens is 592 g/mol. The second kappa shape index (κ2) is 13.1. The van der Waals surface area contributed by atoms with Crippen LogP contribution < -0.4 is 4.74 Å². The number of aryl methyl sites for hydroxylation is 1. The van der Waals surface area contributed by atoms with Crippen LogP contribution in [0.25, 0.3) is 21.9 Å². The van der Waals surface area contributed by atoms with Gasteiger partial charge in [-0.3, -0.25) is 9.58 Å². The number of aromatic nitrogens is 5. The van der Waals surface area contributed by atoms with Gasteiger partial charge in [-0.15, -0.1) is 0 Å². The van der Waals surface area contributed by atoms with E-state index in [9.17, 15) is 4.79 Å². The second-order valence-electron chi connectivity index (χ2n) is 13.7. The number of nitrogens with zero attached hydrogens (tertiary/aromatic N) is 6. The lowest BCUT2D eigenvalue weighted by Gasteiger charge is -2.32. The Bertz CT molecular complexity index is 1880. The summed E-state index contributed by atoms with van der Waals surface area (Å²) in [4.78, 5) is 25.3. The third-order valence-electron chi connectivity index (χ3n) is 9.09. The van der Waals surface area contributed by atoms with Gasteiger partial charge < -0.3 is 18.8 Å². The highest BCUT2D eigenvalue weighted by Crippen LogP contribution is 2.30. The predicted molar refractivity (Wildman–Crippen MR) is 180 cm³/mol. The van der Waals surface area contributed by atoms with Crippen molar-refractivity contribution in [3.05, 3.63) is 83.4 Å². The highest BCUT2D eigenvalue weighted by molar-refractivity contribution is 5.94. The van der Waals surface area contributed by atoms with Gasteiger partial charge in [0, 0.05) is 42.4 Å². The minimum Gasteiger partial charge on any atom is -0.473 e. The summed E-state index contributed by atoms with van der Waals surface area (Å²) >= 11 is 0. The molecule has 2 aliphatic heterocycles. The van der Waals surface area contributed by atoms with Gasteiger partial charge in [-0.25, -0.2) is 14.8 Å². The Kier molecular flexibility index (Phi) is 8.72. The first-order chi connectivity index (χ1) is 22.7. The minimum absolute atomic E-state index is 0.172. The highest BCUT2D eigenvalue weighted by Gasteiger charge is 2.27. The van der Waals surface area contributed by atoms with E-state index < -0.39 is 5.60 Å². The molecular formula is C37H44N6O4. The van der Waals surface area contributed by atoms with Crippen LogP contribution in [0.1, 0.15) is 80.3 Å². The fourth-order valence-electron chi connectivity index (χ4n) is 6.44. The molecule has 1 unspecified atom stereocenters. The number of benzene rings is 2. The van der Waals surface area contributed by atoms with Crippen LogP contribution in [0.15, 0.2) is 60.8 Å². The first-order valence-corrected chi connectivity index (χ1v) is 16.8. The third kappa shape index (κ3) is 7.18. The number of hydrogen-bond acceptors (Lipinski definition) is 8. The molecule has 5 heterocycles. The van der Waals surface area contributed by atoms with Crippen molar-refractivity contribution in [3.8, 4) is 5.88 Å². The number of piperidine rings is 1. The topological polar surface area (TPSA) is 96.5 Å². The van der Waals surface area contributed by atoms with Crippen LogP contribution >= 0.6 is 0 Å². The van der Waals surface area contributed by atoms with Gasteiger partial charge in [0.15, 0.2) is 0 Å². The molecule has 2 aliphatic rings. The van der Waals surface area contributed by atoms with E-state index in [1.165, 1.54) is 0 Å². The Morgan fingerprint density at radius 2 is 1.83 bits per heavy atom.